The number of sulfonamides is 1. The highest BCUT2D eigenvalue weighted by Crippen LogP contribution is 2.24. The summed E-state index contributed by atoms with van der Waals surface area (Å²) in [5.41, 5.74) is 0.902. The number of rotatable bonds is 4. The lowest BCUT2D eigenvalue weighted by atomic mass is 9.98. The van der Waals surface area contributed by atoms with E-state index in [1.807, 2.05) is 13.8 Å². The van der Waals surface area contributed by atoms with E-state index >= 15 is 0 Å². The summed E-state index contributed by atoms with van der Waals surface area (Å²) in [6.45, 7) is 5.37. The summed E-state index contributed by atoms with van der Waals surface area (Å²) in [4.78, 5) is 0.279. The normalized spacial score (nSPS) is 24.6. The third-order valence-electron chi connectivity index (χ3n) is 3.75. The van der Waals surface area contributed by atoms with Crippen molar-refractivity contribution >= 4 is 15.7 Å². The van der Waals surface area contributed by atoms with Crippen molar-refractivity contribution in [3.63, 3.8) is 0 Å². The molecule has 1 fully saturated rings. The Morgan fingerprint density at radius 3 is 2.55 bits per heavy atom. The first-order valence-electron chi connectivity index (χ1n) is 6.97. The van der Waals surface area contributed by atoms with E-state index in [1.54, 1.807) is 24.3 Å². The Labute approximate surface area is 120 Å². The van der Waals surface area contributed by atoms with Crippen LogP contribution in [0, 0.1) is 5.92 Å². The third-order valence-corrected chi connectivity index (χ3v) is 5.63. The molecule has 1 aromatic carbocycles. The first-order chi connectivity index (χ1) is 9.45. The van der Waals surface area contributed by atoms with Gasteiger partial charge in [-0.15, -0.1) is 0 Å². The van der Waals surface area contributed by atoms with E-state index in [0.29, 0.717) is 13.0 Å². The molecule has 2 rings (SSSR count). The van der Waals surface area contributed by atoms with Crippen LogP contribution in [0.25, 0.3) is 0 Å². The minimum absolute atomic E-state index is 0.151. The van der Waals surface area contributed by atoms with Gasteiger partial charge in [0.2, 0.25) is 10.0 Å². The van der Waals surface area contributed by atoms with Gasteiger partial charge in [0.25, 0.3) is 0 Å². The Balaban J connectivity index is 2.17. The molecule has 5 nitrogen and oxygen atoms in total. The molecule has 0 amide bonds. The quantitative estimate of drug-likeness (QED) is 0.884. The van der Waals surface area contributed by atoms with Gasteiger partial charge in [0.05, 0.1) is 11.0 Å². The fraction of sp³-hybridized carbons (Fsp3) is 0.571. The van der Waals surface area contributed by atoms with Gasteiger partial charge in [-0.2, -0.15) is 4.31 Å². The van der Waals surface area contributed by atoms with Crippen LogP contribution in [0.2, 0.25) is 0 Å². The van der Waals surface area contributed by atoms with E-state index in [-0.39, 0.29) is 17.4 Å². The molecule has 1 aromatic rings. The molecule has 6 heteroatoms. The molecular weight excluding hydrogens is 276 g/mol. The van der Waals surface area contributed by atoms with Gasteiger partial charge in [0.1, 0.15) is 0 Å². The largest absolute Gasteiger partial charge is 0.391 e. The summed E-state index contributed by atoms with van der Waals surface area (Å²) in [7, 11) is -3.50. The number of aliphatic hydroxyl groups excluding tert-OH is 1. The highest BCUT2D eigenvalue weighted by atomic mass is 32.2. The lowest BCUT2D eigenvalue weighted by molar-refractivity contribution is 0.0605. The Morgan fingerprint density at radius 2 is 2.00 bits per heavy atom. The lowest BCUT2D eigenvalue weighted by Gasteiger charge is -2.33. The zero-order valence-corrected chi connectivity index (χ0v) is 12.7. The van der Waals surface area contributed by atoms with Crippen molar-refractivity contribution in [2.45, 2.75) is 31.3 Å². The molecule has 2 N–H and O–H groups in total. The van der Waals surface area contributed by atoms with Crippen molar-refractivity contribution < 1.29 is 13.5 Å². The van der Waals surface area contributed by atoms with Gasteiger partial charge in [0, 0.05) is 25.3 Å². The van der Waals surface area contributed by atoms with Crippen molar-refractivity contribution in [1.82, 2.24) is 4.31 Å². The van der Waals surface area contributed by atoms with Crippen LogP contribution in [-0.4, -0.2) is 43.6 Å². The Hall–Kier alpha value is -1.11. The van der Waals surface area contributed by atoms with Crippen LogP contribution in [0.5, 0.6) is 0 Å². The van der Waals surface area contributed by atoms with Gasteiger partial charge in [-0.25, -0.2) is 8.42 Å². The van der Waals surface area contributed by atoms with Crippen LogP contribution in [0.15, 0.2) is 29.2 Å². The maximum Gasteiger partial charge on any atom is 0.243 e. The minimum atomic E-state index is -3.50. The first-order valence-corrected chi connectivity index (χ1v) is 8.41. The first kappa shape index (κ1) is 15.3. The second-order valence-electron chi connectivity index (χ2n) is 5.25. The zero-order valence-electron chi connectivity index (χ0n) is 11.9. The Bertz CT molecular complexity index is 542. The maximum absolute atomic E-state index is 12.5. The molecule has 0 aliphatic carbocycles. The predicted octanol–water partition coefficient (Wildman–Crippen LogP) is 1.51. The van der Waals surface area contributed by atoms with Crippen molar-refractivity contribution in [3.05, 3.63) is 24.3 Å². The van der Waals surface area contributed by atoms with Crippen LogP contribution < -0.4 is 5.32 Å². The predicted molar refractivity (Wildman–Crippen MR) is 79.2 cm³/mol. The number of β-amino-alcohol motifs (C(OH)–C–C–N with tert-alkyl or cyclic N) is 1. The number of nitrogens with one attached hydrogen (secondary N) is 1. The van der Waals surface area contributed by atoms with Gasteiger partial charge < -0.3 is 10.4 Å². The smallest absolute Gasteiger partial charge is 0.243 e. The molecule has 0 bridgehead atoms. The number of piperidine rings is 1. The number of aliphatic hydroxyl groups is 1. The number of hydrogen-bond acceptors (Lipinski definition) is 4. The van der Waals surface area contributed by atoms with E-state index in [1.165, 1.54) is 4.31 Å². The molecule has 112 valence electrons. The number of anilines is 1. The van der Waals surface area contributed by atoms with Gasteiger partial charge in [-0.1, -0.05) is 6.92 Å². The number of benzene rings is 1. The Morgan fingerprint density at radius 1 is 1.35 bits per heavy atom. The van der Waals surface area contributed by atoms with E-state index < -0.39 is 16.1 Å². The molecule has 20 heavy (non-hydrogen) atoms. The van der Waals surface area contributed by atoms with Crippen molar-refractivity contribution in [2.75, 3.05) is 25.0 Å². The van der Waals surface area contributed by atoms with Gasteiger partial charge >= 0.3 is 0 Å². The van der Waals surface area contributed by atoms with Crippen LogP contribution in [0.4, 0.5) is 5.69 Å². The summed E-state index contributed by atoms with van der Waals surface area (Å²) in [5, 5.41) is 13.0. The highest BCUT2D eigenvalue weighted by molar-refractivity contribution is 7.89. The number of nitrogens with zero attached hydrogens (tertiary/aromatic N) is 1. The molecule has 0 spiro atoms. The number of hydrogen-bond donors (Lipinski definition) is 2. The zero-order chi connectivity index (χ0) is 14.8. The highest BCUT2D eigenvalue weighted by Gasteiger charge is 2.32. The molecule has 1 saturated heterocycles. The molecule has 2 unspecified atom stereocenters. The summed E-state index contributed by atoms with van der Waals surface area (Å²) >= 11 is 0. The summed E-state index contributed by atoms with van der Waals surface area (Å²) < 4.78 is 26.4. The molecule has 0 aromatic heterocycles. The molecule has 0 saturated carbocycles. The standard InChI is InChI=1S/C14H22N2O3S/c1-3-15-12-4-6-13(7-5-12)20(18,19)16-9-8-11(2)14(17)10-16/h4-7,11,14-15,17H,3,8-10H2,1-2H3. The fourth-order valence-corrected chi connectivity index (χ4v) is 3.81. The van der Waals surface area contributed by atoms with E-state index in [4.69, 9.17) is 0 Å². The molecule has 0 radical (unpaired) electrons. The van der Waals surface area contributed by atoms with E-state index in [2.05, 4.69) is 5.32 Å². The van der Waals surface area contributed by atoms with Crippen molar-refractivity contribution in [3.8, 4) is 0 Å². The lowest BCUT2D eigenvalue weighted by Crippen LogP contribution is -2.45. The molecular formula is C14H22N2O3S. The molecule has 1 aliphatic rings. The van der Waals surface area contributed by atoms with Gasteiger partial charge in [-0.05, 0) is 43.5 Å². The topological polar surface area (TPSA) is 69.6 Å². The minimum Gasteiger partial charge on any atom is -0.391 e. The van der Waals surface area contributed by atoms with Crippen molar-refractivity contribution in [2.24, 2.45) is 5.92 Å². The summed E-state index contributed by atoms with van der Waals surface area (Å²) in [6, 6.07) is 6.74. The second kappa shape index (κ2) is 6.11. The summed E-state index contributed by atoms with van der Waals surface area (Å²) in [5.74, 6) is 0.151. The van der Waals surface area contributed by atoms with Crippen LogP contribution in [0.1, 0.15) is 20.3 Å². The van der Waals surface area contributed by atoms with E-state index in [9.17, 15) is 13.5 Å². The van der Waals surface area contributed by atoms with Gasteiger partial charge in [-0.3, -0.25) is 0 Å². The third kappa shape index (κ3) is 3.13. The monoisotopic (exact) mass is 298 g/mol. The second-order valence-corrected chi connectivity index (χ2v) is 7.19. The Kier molecular flexibility index (Phi) is 4.67. The van der Waals surface area contributed by atoms with Crippen LogP contribution in [-0.2, 0) is 10.0 Å². The maximum atomic E-state index is 12.5. The average Bonchev–Trinajstić information content (AvgIpc) is 2.43. The molecule has 2 atom stereocenters. The summed E-state index contributed by atoms with van der Waals surface area (Å²) in [6.07, 6.45) is 0.107. The average molecular weight is 298 g/mol. The van der Waals surface area contributed by atoms with Crippen molar-refractivity contribution in [1.29, 1.82) is 0 Å². The van der Waals surface area contributed by atoms with Crippen LogP contribution in [0.3, 0.4) is 0 Å². The van der Waals surface area contributed by atoms with E-state index in [0.717, 1.165) is 12.2 Å². The molecule has 1 heterocycles. The van der Waals surface area contributed by atoms with Gasteiger partial charge in [0.15, 0.2) is 0 Å². The SMILES string of the molecule is CCNc1ccc(S(=O)(=O)N2CCC(C)C(O)C2)cc1. The molecule has 1 aliphatic heterocycles. The van der Waals surface area contributed by atoms with Crippen LogP contribution >= 0.6 is 0 Å². The fourth-order valence-electron chi connectivity index (χ4n) is 2.34.